The highest BCUT2D eigenvalue weighted by atomic mass is 35.5. The van der Waals surface area contributed by atoms with E-state index in [-0.39, 0.29) is 41.7 Å². The molecule has 1 atom stereocenters. The number of halogens is 2. The molecule has 1 aliphatic carbocycles. The molecule has 274 valence electrons. The van der Waals surface area contributed by atoms with Crippen LogP contribution in [0.25, 0.3) is 0 Å². The number of pyridine rings is 1. The minimum Gasteiger partial charge on any atom is -0.493 e. The Bertz CT molecular complexity index is 1600. The van der Waals surface area contributed by atoms with Gasteiger partial charge in [-0.3, -0.25) is 14.7 Å². The zero-order valence-corrected chi connectivity index (χ0v) is 31.9. The number of hydrogen-bond acceptors (Lipinski definition) is 5. The van der Waals surface area contributed by atoms with E-state index in [1.54, 1.807) is 26.6 Å². The van der Waals surface area contributed by atoms with E-state index in [0.29, 0.717) is 13.0 Å². The number of piperidine rings is 1. The van der Waals surface area contributed by atoms with Gasteiger partial charge >= 0.3 is 0 Å². The van der Waals surface area contributed by atoms with Gasteiger partial charge in [0.05, 0.1) is 14.2 Å². The molecular weight excluding hydrogens is 677 g/mol. The van der Waals surface area contributed by atoms with Crippen molar-refractivity contribution >= 4 is 30.7 Å². The largest absolute Gasteiger partial charge is 0.493 e. The Labute approximate surface area is 317 Å². The second kappa shape index (κ2) is 19.3. The molecule has 1 aromatic heterocycles. The van der Waals surface area contributed by atoms with Gasteiger partial charge in [-0.05, 0) is 129 Å². The summed E-state index contributed by atoms with van der Waals surface area (Å²) in [6, 6.07) is 30.6. The summed E-state index contributed by atoms with van der Waals surface area (Å²) in [6.07, 6.45) is 16.0. The highest BCUT2D eigenvalue weighted by Crippen LogP contribution is 2.45. The summed E-state index contributed by atoms with van der Waals surface area (Å²) in [6.45, 7) is 2.94. The van der Waals surface area contributed by atoms with E-state index in [0.717, 1.165) is 75.1 Å². The van der Waals surface area contributed by atoms with Crippen molar-refractivity contribution in [2.75, 3.05) is 33.9 Å². The van der Waals surface area contributed by atoms with Crippen molar-refractivity contribution in [1.29, 1.82) is 0 Å². The van der Waals surface area contributed by atoms with Gasteiger partial charge in [0, 0.05) is 36.3 Å². The van der Waals surface area contributed by atoms with Crippen LogP contribution in [0.2, 0.25) is 0 Å². The third-order valence-electron chi connectivity index (χ3n) is 11.3. The van der Waals surface area contributed by atoms with Crippen LogP contribution in [-0.2, 0) is 29.5 Å². The standard InChI is InChI=1S/C43H53N3O3.2ClH/c1-48-39-31-35-19-25-42(33-36(35)32-40(39)49-2)22-9-10-29-46(42)30-12-24-43(37-13-5-3-6-14-37,38-15-7-4-8-16-38)23-11-26-45-41(47)18-17-34-20-27-44-28-21-34;;/h3-8,13-16,20-21,27-28,31-32H,9-12,17-19,22-26,29-30,33H2,1-2H3,(H,45,47);2*1H. The fourth-order valence-corrected chi connectivity index (χ4v) is 8.62. The number of methoxy groups -OCH3 is 2. The van der Waals surface area contributed by atoms with Gasteiger partial charge < -0.3 is 14.8 Å². The Morgan fingerprint density at radius 3 is 2.10 bits per heavy atom. The summed E-state index contributed by atoms with van der Waals surface area (Å²) in [5.74, 6) is 1.78. The number of ether oxygens (including phenoxy) is 2. The number of carbonyl (C=O) groups excluding carboxylic acids is 1. The summed E-state index contributed by atoms with van der Waals surface area (Å²) in [5, 5.41) is 3.22. The Morgan fingerprint density at radius 1 is 0.824 bits per heavy atom. The fourth-order valence-electron chi connectivity index (χ4n) is 8.62. The van der Waals surface area contributed by atoms with Crippen LogP contribution in [0, 0.1) is 0 Å². The van der Waals surface area contributed by atoms with E-state index in [4.69, 9.17) is 9.47 Å². The van der Waals surface area contributed by atoms with Crippen molar-refractivity contribution in [3.63, 3.8) is 0 Å². The van der Waals surface area contributed by atoms with E-state index in [2.05, 4.69) is 88.0 Å². The molecule has 2 heterocycles. The molecule has 2 aliphatic rings. The highest BCUT2D eigenvalue weighted by Gasteiger charge is 2.42. The summed E-state index contributed by atoms with van der Waals surface area (Å²) < 4.78 is 11.3. The molecule has 1 saturated heterocycles. The van der Waals surface area contributed by atoms with Crippen molar-refractivity contribution in [2.45, 2.75) is 88.0 Å². The Kier molecular flexibility index (Phi) is 15.2. The number of likely N-dealkylation sites (tertiary alicyclic amines) is 1. The number of benzene rings is 3. The van der Waals surface area contributed by atoms with E-state index in [9.17, 15) is 4.79 Å². The van der Waals surface area contributed by atoms with Gasteiger partial charge in [0.1, 0.15) is 0 Å². The summed E-state index contributed by atoms with van der Waals surface area (Å²) in [5.41, 5.74) is 6.78. The van der Waals surface area contributed by atoms with Gasteiger partial charge in [-0.25, -0.2) is 0 Å². The zero-order valence-electron chi connectivity index (χ0n) is 30.3. The van der Waals surface area contributed by atoms with Crippen LogP contribution in [0.15, 0.2) is 97.3 Å². The van der Waals surface area contributed by atoms with E-state index >= 15 is 0 Å². The lowest BCUT2D eigenvalue weighted by molar-refractivity contribution is -0.121. The smallest absolute Gasteiger partial charge is 0.220 e. The normalized spacial score (nSPS) is 17.1. The molecule has 3 aromatic carbocycles. The van der Waals surface area contributed by atoms with Gasteiger partial charge in [0.2, 0.25) is 5.91 Å². The third kappa shape index (κ3) is 9.65. The average molecular weight is 733 g/mol. The maximum atomic E-state index is 12.8. The maximum absolute atomic E-state index is 12.8. The Hall–Kier alpha value is -3.58. The van der Waals surface area contributed by atoms with E-state index < -0.39 is 0 Å². The lowest BCUT2D eigenvalue weighted by Crippen LogP contribution is -2.55. The quantitative estimate of drug-likeness (QED) is 0.124. The molecule has 8 heteroatoms. The van der Waals surface area contributed by atoms with Crippen LogP contribution in [0.3, 0.4) is 0 Å². The first kappa shape index (κ1) is 40.2. The molecule has 0 saturated carbocycles. The molecule has 0 radical (unpaired) electrons. The minimum absolute atomic E-state index is 0. The number of rotatable bonds is 15. The van der Waals surface area contributed by atoms with Gasteiger partial charge in [-0.1, -0.05) is 67.1 Å². The van der Waals surface area contributed by atoms with Crippen LogP contribution in [0.1, 0.15) is 85.6 Å². The van der Waals surface area contributed by atoms with Crippen molar-refractivity contribution in [1.82, 2.24) is 15.2 Å². The topological polar surface area (TPSA) is 63.7 Å². The van der Waals surface area contributed by atoms with Gasteiger partial charge in [-0.2, -0.15) is 0 Å². The number of carbonyl (C=O) groups is 1. The maximum Gasteiger partial charge on any atom is 0.220 e. The molecule has 6 nitrogen and oxygen atoms in total. The van der Waals surface area contributed by atoms with Crippen LogP contribution < -0.4 is 14.8 Å². The summed E-state index contributed by atoms with van der Waals surface area (Å²) in [4.78, 5) is 19.7. The molecule has 6 rings (SSSR count). The van der Waals surface area contributed by atoms with Crippen LogP contribution in [0.4, 0.5) is 0 Å². The SMILES string of the molecule is COc1cc2c(cc1OC)CC1(CCCCN1CCCC(CCCNC(=O)CCc1ccncc1)(c1ccccc1)c1ccccc1)CC2.Cl.Cl. The first-order chi connectivity index (χ1) is 24.0. The van der Waals surface area contributed by atoms with Crippen molar-refractivity contribution in [3.05, 3.63) is 125 Å². The Morgan fingerprint density at radius 2 is 1.45 bits per heavy atom. The molecule has 1 aliphatic heterocycles. The van der Waals surface area contributed by atoms with Crippen molar-refractivity contribution < 1.29 is 14.3 Å². The number of fused-ring (bicyclic) bond motifs is 1. The third-order valence-corrected chi connectivity index (χ3v) is 11.3. The Balaban J connectivity index is 0.00000292. The van der Waals surface area contributed by atoms with Crippen LogP contribution >= 0.6 is 24.8 Å². The van der Waals surface area contributed by atoms with Crippen molar-refractivity contribution in [3.8, 4) is 11.5 Å². The number of aryl methyl sites for hydroxylation is 2. The molecule has 51 heavy (non-hydrogen) atoms. The first-order valence-electron chi connectivity index (χ1n) is 18.3. The first-order valence-corrected chi connectivity index (χ1v) is 18.3. The zero-order chi connectivity index (χ0) is 33.9. The van der Waals surface area contributed by atoms with Gasteiger partial charge in [-0.15, -0.1) is 24.8 Å². The molecule has 4 aromatic rings. The number of nitrogens with zero attached hydrogens (tertiary/aromatic N) is 2. The molecule has 1 N–H and O–H groups in total. The number of nitrogens with one attached hydrogen (secondary N) is 1. The van der Waals surface area contributed by atoms with E-state index in [1.807, 2.05) is 12.1 Å². The molecular formula is C43H55Cl2N3O3. The average Bonchev–Trinajstić information content (AvgIpc) is 3.16. The number of aromatic nitrogens is 1. The van der Waals surface area contributed by atoms with Gasteiger partial charge in [0.15, 0.2) is 11.5 Å². The predicted molar refractivity (Wildman–Crippen MR) is 212 cm³/mol. The van der Waals surface area contributed by atoms with Gasteiger partial charge in [0.25, 0.3) is 0 Å². The second-order valence-electron chi connectivity index (χ2n) is 14.0. The molecule has 1 fully saturated rings. The molecule has 1 amide bonds. The minimum atomic E-state index is -0.129. The number of amides is 1. The van der Waals surface area contributed by atoms with Crippen LogP contribution in [0.5, 0.6) is 11.5 Å². The lowest BCUT2D eigenvalue weighted by atomic mass is 9.68. The number of hydrogen-bond donors (Lipinski definition) is 1. The van der Waals surface area contributed by atoms with Crippen LogP contribution in [-0.4, -0.2) is 55.2 Å². The summed E-state index contributed by atoms with van der Waals surface area (Å²) in [7, 11) is 3.46. The predicted octanol–water partition coefficient (Wildman–Crippen LogP) is 8.95. The summed E-state index contributed by atoms with van der Waals surface area (Å²) >= 11 is 0. The second-order valence-corrected chi connectivity index (χ2v) is 14.0. The highest BCUT2D eigenvalue weighted by molar-refractivity contribution is 5.85. The lowest BCUT2D eigenvalue weighted by Gasteiger charge is -2.50. The van der Waals surface area contributed by atoms with Crippen molar-refractivity contribution in [2.24, 2.45) is 0 Å². The fraction of sp³-hybridized carbons (Fsp3) is 0.442. The monoisotopic (exact) mass is 731 g/mol. The van der Waals surface area contributed by atoms with E-state index in [1.165, 1.54) is 47.9 Å². The molecule has 1 unspecified atom stereocenters. The molecule has 1 spiro atoms. The molecule has 0 bridgehead atoms.